The number of halogens is 1. The van der Waals surface area contributed by atoms with Crippen molar-refractivity contribution in [2.45, 2.75) is 18.4 Å². The molecule has 2 aromatic carbocycles. The van der Waals surface area contributed by atoms with Gasteiger partial charge in [0.15, 0.2) is 0 Å². The molecule has 1 saturated heterocycles. The zero-order chi connectivity index (χ0) is 22.7. The lowest BCUT2D eigenvalue weighted by Crippen LogP contribution is -2.49. The molecular formula is C23H24ClN3O4S. The molecule has 0 spiro atoms. The Morgan fingerprint density at radius 2 is 1.84 bits per heavy atom. The first-order valence-corrected chi connectivity index (χ1v) is 12.1. The number of benzene rings is 2. The number of carbonyl (C=O) groups is 1. The molecule has 0 aliphatic carbocycles. The third-order valence-corrected chi connectivity index (χ3v) is 7.14. The van der Waals surface area contributed by atoms with Gasteiger partial charge in [0, 0.05) is 42.5 Å². The SMILES string of the molecule is Cc1ccc(S(=O)(=O)NCc2ccco2)cc1C(=O)N1CCN(c2cccc(Cl)c2)CC1. The number of carbonyl (C=O) groups excluding carboxylic acids is 1. The van der Waals surface area contributed by atoms with E-state index in [1.165, 1.54) is 18.4 Å². The molecule has 3 aromatic rings. The lowest BCUT2D eigenvalue weighted by atomic mass is 10.1. The molecule has 0 bridgehead atoms. The van der Waals surface area contributed by atoms with Crippen LogP contribution in [0.5, 0.6) is 0 Å². The second kappa shape index (κ2) is 9.36. The fraction of sp³-hybridized carbons (Fsp3) is 0.261. The number of piperazine rings is 1. The molecule has 168 valence electrons. The number of furan rings is 1. The van der Waals surface area contributed by atoms with Crippen LogP contribution in [0.1, 0.15) is 21.7 Å². The highest BCUT2D eigenvalue weighted by atomic mass is 35.5. The van der Waals surface area contributed by atoms with E-state index >= 15 is 0 Å². The molecule has 32 heavy (non-hydrogen) atoms. The monoisotopic (exact) mass is 473 g/mol. The van der Waals surface area contributed by atoms with Gasteiger partial charge in [-0.2, -0.15) is 0 Å². The first kappa shape index (κ1) is 22.4. The summed E-state index contributed by atoms with van der Waals surface area (Å²) in [5, 5.41) is 0.676. The topological polar surface area (TPSA) is 82.9 Å². The highest BCUT2D eigenvalue weighted by molar-refractivity contribution is 7.89. The summed E-state index contributed by atoms with van der Waals surface area (Å²) in [5.41, 5.74) is 2.15. The van der Waals surface area contributed by atoms with Gasteiger partial charge in [-0.15, -0.1) is 0 Å². The molecule has 0 radical (unpaired) electrons. The number of hydrogen-bond donors (Lipinski definition) is 1. The van der Waals surface area contributed by atoms with Crippen molar-refractivity contribution >= 4 is 33.2 Å². The maximum atomic E-state index is 13.2. The summed E-state index contributed by atoms with van der Waals surface area (Å²) in [7, 11) is -3.79. The van der Waals surface area contributed by atoms with Crippen molar-refractivity contribution in [1.29, 1.82) is 0 Å². The van der Waals surface area contributed by atoms with Gasteiger partial charge in [0.2, 0.25) is 10.0 Å². The van der Waals surface area contributed by atoms with E-state index < -0.39 is 10.0 Å². The van der Waals surface area contributed by atoms with Crippen LogP contribution in [-0.4, -0.2) is 45.4 Å². The molecule has 1 aliphatic rings. The van der Waals surface area contributed by atoms with Crippen molar-refractivity contribution in [3.05, 3.63) is 82.8 Å². The number of rotatable bonds is 6. The number of aryl methyl sites for hydroxylation is 1. The number of sulfonamides is 1. The maximum Gasteiger partial charge on any atom is 0.254 e. The van der Waals surface area contributed by atoms with Gasteiger partial charge in [-0.3, -0.25) is 4.79 Å². The van der Waals surface area contributed by atoms with Gasteiger partial charge < -0.3 is 14.2 Å². The van der Waals surface area contributed by atoms with Gasteiger partial charge >= 0.3 is 0 Å². The Bertz CT molecular complexity index is 1200. The predicted octanol–water partition coefficient (Wildman–Crippen LogP) is 3.68. The van der Waals surface area contributed by atoms with E-state index in [-0.39, 0.29) is 17.3 Å². The molecule has 1 aromatic heterocycles. The van der Waals surface area contributed by atoms with E-state index in [9.17, 15) is 13.2 Å². The lowest BCUT2D eigenvalue weighted by Gasteiger charge is -2.36. The minimum absolute atomic E-state index is 0.0396. The number of hydrogen-bond acceptors (Lipinski definition) is 5. The number of nitrogens with zero attached hydrogens (tertiary/aromatic N) is 2. The largest absolute Gasteiger partial charge is 0.468 e. The second-order valence-electron chi connectivity index (χ2n) is 7.64. The Balaban J connectivity index is 1.46. The standard InChI is InChI=1S/C23H24ClN3O4S/c1-17-7-8-21(32(29,30)25-16-20-6-3-13-31-20)15-22(17)23(28)27-11-9-26(10-12-27)19-5-2-4-18(24)14-19/h2-8,13-15,25H,9-12,16H2,1H3. The highest BCUT2D eigenvalue weighted by Crippen LogP contribution is 2.23. The van der Waals surface area contributed by atoms with E-state index in [2.05, 4.69) is 9.62 Å². The molecule has 2 heterocycles. The zero-order valence-corrected chi connectivity index (χ0v) is 19.2. The van der Waals surface area contributed by atoms with Gasteiger partial charge in [0.1, 0.15) is 5.76 Å². The van der Waals surface area contributed by atoms with E-state index in [0.717, 1.165) is 11.3 Å². The average molecular weight is 474 g/mol. The predicted molar refractivity (Wildman–Crippen MR) is 123 cm³/mol. The Kier molecular flexibility index (Phi) is 6.55. The van der Waals surface area contributed by atoms with E-state index in [0.29, 0.717) is 42.5 Å². The van der Waals surface area contributed by atoms with Gasteiger partial charge in [0.25, 0.3) is 5.91 Å². The van der Waals surface area contributed by atoms with E-state index in [1.54, 1.807) is 23.1 Å². The van der Waals surface area contributed by atoms with Gasteiger partial charge in [-0.25, -0.2) is 13.1 Å². The lowest BCUT2D eigenvalue weighted by molar-refractivity contribution is 0.0746. The van der Waals surface area contributed by atoms with Crippen LogP contribution < -0.4 is 9.62 Å². The summed E-state index contributed by atoms with van der Waals surface area (Å²) in [6, 6.07) is 15.7. The molecule has 1 fully saturated rings. The minimum Gasteiger partial charge on any atom is -0.468 e. The van der Waals surface area contributed by atoms with Gasteiger partial charge in [0.05, 0.1) is 17.7 Å². The van der Waals surface area contributed by atoms with Crippen molar-refractivity contribution < 1.29 is 17.6 Å². The fourth-order valence-corrected chi connectivity index (χ4v) is 4.88. The quantitative estimate of drug-likeness (QED) is 0.590. The molecular weight excluding hydrogens is 450 g/mol. The maximum absolute atomic E-state index is 13.2. The molecule has 0 saturated carbocycles. The smallest absolute Gasteiger partial charge is 0.254 e. The van der Waals surface area contributed by atoms with E-state index in [1.807, 2.05) is 31.2 Å². The molecule has 0 atom stereocenters. The van der Waals surface area contributed by atoms with Crippen LogP contribution in [0.25, 0.3) is 0 Å². The fourth-order valence-electron chi connectivity index (χ4n) is 3.67. The molecule has 4 rings (SSSR count). The Morgan fingerprint density at radius 1 is 1.06 bits per heavy atom. The van der Waals surface area contributed by atoms with Crippen molar-refractivity contribution in [1.82, 2.24) is 9.62 Å². The van der Waals surface area contributed by atoms with Crippen LogP contribution in [0, 0.1) is 6.92 Å². The normalized spacial score (nSPS) is 14.6. The first-order chi connectivity index (χ1) is 15.3. The molecule has 7 nitrogen and oxygen atoms in total. The van der Waals surface area contributed by atoms with Crippen molar-refractivity contribution in [2.75, 3.05) is 31.1 Å². The summed E-state index contributed by atoms with van der Waals surface area (Å²) >= 11 is 6.09. The summed E-state index contributed by atoms with van der Waals surface area (Å²) in [4.78, 5) is 17.2. The summed E-state index contributed by atoms with van der Waals surface area (Å²) in [6.07, 6.45) is 1.48. The van der Waals surface area contributed by atoms with Crippen LogP contribution in [-0.2, 0) is 16.6 Å². The minimum atomic E-state index is -3.79. The summed E-state index contributed by atoms with van der Waals surface area (Å²) < 4.78 is 33.1. The van der Waals surface area contributed by atoms with Crippen molar-refractivity contribution in [3.63, 3.8) is 0 Å². The average Bonchev–Trinajstić information content (AvgIpc) is 3.31. The highest BCUT2D eigenvalue weighted by Gasteiger charge is 2.25. The van der Waals surface area contributed by atoms with Crippen LogP contribution in [0.3, 0.4) is 0 Å². The Labute approximate surface area is 192 Å². The molecule has 0 unspecified atom stereocenters. The zero-order valence-electron chi connectivity index (χ0n) is 17.6. The van der Waals surface area contributed by atoms with Crippen LogP contribution in [0.15, 0.2) is 70.2 Å². The summed E-state index contributed by atoms with van der Waals surface area (Å²) in [6.45, 7) is 4.28. The third kappa shape index (κ3) is 4.98. The van der Waals surface area contributed by atoms with Crippen LogP contribution in [0.2, 0.25) is 5.02 Å². The molecule has 9 heteroatoms. The first-order valence-electron chi connectivity index (χ1n) is 10.3. The van der Waals surface area contributed by atoms with Crippen LogP contribution >= 0.6 is 11.6 Å². The number of nitrogens with one attached hydrogen (secondary N) is 1. The Morgan fingerprint density at radius 3 is 2.53 bits per heavy atom. The van der Waals surface area contributed by atoms with Crippen molar-refractivity contribution in [2.24, 2.45) is 0 Å². The number of anilines is 1. The Hall–Kier alpha value is -2.81. The van der Waals surface area contributed by atoms with Crippen LogP contribution in [0.4, 0.5) is 5.69 Å². The van der Waals surface area contributed by atoms with Gasteiger partial charge in [-0.1, -0.05) is 23.7 Å². The molecule has 1 aliphatic heterocycles. The summed E-state index contributed by atoms with van der Waals surface area (Å²) in [5.74, 6) is 0.339. The van der Waals surface area contributed by atoms with Gasteiger partial charge in [-0.05, 0) is 55.0 Å². The molecule has 1 N–H and O–H groups in total. The van der Waals surface area contributed by atoms with E-state index in [4.69, 9.17) is 16.0 Å². The second-order valence-corrected chi connectivity index (χ2v) is 9.84. The van der Waals surface area contributed by atoms with Crippen molar-refractivity contribution in [3.8, 4) is 0 Å². The number of amides is 1. The molecule has 1 amide bonds. The third-order valence-electron chi connectivity index (χ3n) is 5.51.